The van der Waals surface area contributed by atoms with E-state index in [9.17, 15) is 19.5 Å². The Balaban J connectivity index is 2.26. The summed E-state index contributed by atoms with van der Waals surface area (Å²) in [6.07, 6.45) is -0.170. The Bertz CT molecular complexity index is 649. The molecule has 110 valence electrons. The van der Waals surface area contributed by atoms with Gasteiger partial charge in [-0.05, 0) is 31.5 Å². The quantitative estimate of drug-likeness (QED) is 0.784. The van der Waals surface area contributed by atoms with Gasteiger partial charge in [-0.3, -0.25) is 9.59 Å². The number of aliphatic carboxylic acids is 1. The maximum atomic E-state index is 12.3. The molecule has 6 nitrogen and oxygen atoms in total. The monoisotopic (exact) mass is 288 g/mol. The van der Waals surface area contributed by atoms with Gasteiger partial charge in [0.2, 0.25) is 11.8 Å². The molecular weight excluding hydrogens is 272 g/mol. The highest BCUT2D eigenvalue weighted by atomic mass is 16.4. The number of aryl methyl sites for hydroxylation is 1. The molecule has 3 N–H and O–H groups in total. The molecule has 0 saturated carbocycles. The number of anilines is 1. The van der Waals surface area contributed by atoms with Crippen LogP contribution in [0.2, 0.25) is 0 Å². The molecular formula is C15H16N2O4. The van der Waals surface area contributed by atoms with Crippen molar-refractivity contribution in [2.45, 2.75) is 20.3 Å². The molecule has 1 aliphatic rings. The second-order valence-corrected chi connectivity index (χ2v) is 5.01. The number of amides is 2. The van der Waals surface area contributed by atoms with Crippen LogP contribution in [-0.4, -0.2) is 22.9 Å². The molecule has 0 saturated heterocycles. The Morgan fingerprint density at radius 1 is 1.33 bits per heavy atom. The van der Waals surface area contributed by atoms with Crippen molar-refractivity contribution in [3.8, 4) is 0 Å². The van der Waals surface area contributed by atoms with Gasteiger partial charge in [-0.25, -0.2) is 4.79 Å². The van der Waals surface area contributed by atoms with E-state index < -0.39 is 17.8 Å². The van der Waals surface area contributed by atoms with E-state index in [0.29, 0.717) is 5.69 Å². The Hall–Kier alpha value is -2.63. The molecule has 0 bridgehead atoms. The summed E-state index contributed by atoms with van der Waals surface area (Å²) < 4.78 is 0. The molecule has 1 aliphatic heterocycles. The number of hydrogen-bond acceptors (Lipinski definition) is 3. The van der Waals surface area contributed by atoms with Crippen LogP contribution in [0.1, 0.15) is 18.9 Å². The van der Waals surface area contributed by atoms with Crippen LogP contribution in [0.15, 0.2) is 35.5 Å². The highest BCUT2D eigenvalue weighted by Crippen LogP contribution is 2.25. The van der Waals surface area contributed by atoms with E-state index in [2.05, 4.69) is 10.6 Å². The first-order valence-corrected chi connectivity index (χ1v) is 6.50. The molecule has 2 rings (SSSR count). The second kappa shape index (κ2) is 5.78. The van der Waals surface area contributed by atoms with Gasteiger partial charge in [0.05, 0.1) is 11.5 Å². The minimum Gasteiger partial charge on any atom is -0.478 e. The highest BCUT2D eigenvalue weighted by molar-refractivity contribution is 6.05. The fourth-order valence-electron chi connectivity index (χ4n) is 2.36. The first kappa shape index (κ1) is 14.8. The van der Waals surface area contributed by atoms with Crippen molar-refractivity contribution in [3.05, 3.63) is 41.1 Å². The Kier molecular flexibility index (Phi) is 4.07. The van der Waals surface area contributed by atoms with Crippen LogP contribution < -0.4 is 10.6 Å². The molecule has 1 aromatic rings. The lowest BCUT2D eigenvalue weighted by molar-refractivity contribution is -0.136. The molecule has 0 aromatic heterocycles. The standard InChI is InChI=1S/C15H16N2O4/c1-8-4-3-5-10(6-8)17-14(19)11-7-12(18)16-9(2)13(11)15(20)21/h3-6,11H,7H2,1-2H3,(H,16,18)(H,17,19)(H,20,21). The number of carboxylic acid groups (broad SMARTS) is 1. The number of carbonyl (C=O) groups excluding carboxylic acids is 2. The first-order chi connectivity index (χ1) is 9.88. The number of carboxylic acids is 1. The zero-order chi connectivity index (χ0) is 15.6. The minimum atomic E-state index is -1.20. The Labute approximate surface area is 121 Å². The first-order valence-electron chi connectivity index (χ1n) is 6.50. The van der Waals surface area contributed by atoms with E-state index in [1.807, 2.05) is 13.0 Å². The summed E-state index contributed by atoms with van der Waals surface area (Å²) in [4.78, 5) is 35.1. The summed E-state index contributed by atoms with van der Waals surface area (Å²) in [5.74, 6) is -3.04. The van der Waals surface area contributed by atoms with Crippen LogP contribution in [-0.2, 0) is 14.4 Å². The third-order valence-electron chi connectivity index (χ3n) is 3.30. The summed E-state index contributed by atoms with van der Waals surface area (Å²) in [6.45, 7) is 3.36. The predicted octanol–water partition coefficient (Wildman–Crippen LogP) is 1.43. The predicted molar refractivity (Wildman–Crippen MR) is 76.4 cm³/mol. The number of allylic oxidation sites excluding steroid dienone is 1. The van der Waals surface area contributed by atoms with E-state index in [1.165, 1.54) is 6.92 Å². The molecule has 0 aliphatic carbocycles. The molecule has 0 fully saturated rings. The van der Waals surface area contributed by atoms with Crippen molar-refractivity contribution in [3.63, 3.8) is 0 Å². The maximum Gasteiger partial charge on any atom is 0.334 e. The smallest absolute Gasteiger partial charge is 0.334 e. The SMILES string of the molecule is CC1=C(C(=O)O)C(C(=O)Nc2cccc(C)c2)CC(=O)N1. The topological polar surface area (TPSA) is 95.5 Å². The minimum absolute atomic E-state index is 0.0697. The molecule has 1 aromatic carbocycles. The van der Waals surface area contributed by atoms with Gasteiger partial charge in [0.25, 0.3) is 0 Å². The number of benzene rings is 1. The zero-order valence-corrected chi connectivity index (χ0v) is 11.8. The van der Waals surface area contributed by atoms with Gasteiger partial charge < -0.3 is 15.7 Å². The normalized spacial score (nSPS) is 18.2. The van der Waals surface area contributed by atoms with Gasteiger partial charge in [0.15, 0.2) is 0 Å². The summed E-state index contributed by atoms with van der Waals surface area (Å²) in [5, 5.41) is 14.3. The van der Waals surface area contributed by atoms with E-state index in [-0.39, 0.29) is 23.6 Å². The Morgan fingerprint density at radius 3 is 2.67 bits per heavy atom. The summed E-state index contributed by atoms with van der Waals surface area (Å²) in [5.41, 5.74) is 1.69. The second-order valence-electron chi connectivity index (χ2n) is 5.01. The molecule has 1 unspecified atom stereocenters. The summed E-state index contributed by atoms with van der Waals surface area (Å²) in [6, 6.07) is 7.16. The molecule has 21 heavy (non-hydrogen) atoms. The molecule has 0 radical (unpaired) electrons. The number of nitrogens with one attached hydrogen (secondary N) is 2. The zero-order valence-electron chi connectivity index (χ0n) is 11.8. The van der Waals surface area contributed by atoms with Crippen LogP contribution in [0.25, 0.3) is 0 Å². The summed E-state index contributed by atoms with van der Waals surface area (Å²) >= 11 is 0. The van der Waals surface area contributed by atoms with Crippen LogP contribution in [0.4, 0.5) is 5.69 Å². The third-order valence-corrected chi connectivity index (χ3v) is 3.30. The average Bonchev–Trinajstić information content (AvgIpc) is 2.37. The van der Waals surface area contributed by atoms with Crippen molar-refractivity contribution in [2.75, 3.05) is 5.32 Å². The molecule has 1 atom stereocenters. The fraction of sp³-hybridized carbons (Fsp3) is 0.267. The van der Waals surface area contributed by atoms with Crippen LogP contribution in [0, 0.1) is 12.8 Å². The van der Waals surface area contributed by atoms with E-state index in [1.54, 1.807) is 18.2 Å². The van der Waals surface area contributed by atoms with Gasteiger partial charge in [-0.15, -0.1) is 0 Å². The lowest BCUT2D eigenvalue weighted by Crippen LogP contribution is -2.39. The molecule has 1 heterocycles. The van der Waals surface area contributed by atoms with Crippen LogP contribution in [0.5, 0.6) is 0 Å². The number of carbonyl (C=O) groups is 3. The fourth-order valence-corrected chi connectivity index (χ4v) is 2.36. The highest BCUT2D eigenvalue weighted by Gasteiger charge is 2.35. The van der Waals surface area contributed by atoms with E-state index in [4.69, 9.17) is 0 Å². The van der Waals surface area contributed by atoms with Gasteiger partial charge in [-0.2, -0.15) is 0 Å². The van der Waals surface area contributed by atoms with Crippen LogP contribution in [0.3, 0.4) is 0 Å². The third kappa shape index (κ3) is 3.28. The van der Waals surface area contributed by atoms with Crippen LogP contribution >= 0.6 is 0 Å². The lowest BCUT2D eigenvalue weighted by atomic mass is 9.89. The van der Waals surface area contributed by atoms with Crippen molar-refractivity contribution in [2.24, 2.45) is 5.92 Å². The van der Waals surface area contributed by atoms with Gasteiger partial charge in [-0.1, -0.05) is 12.1 Å². The van der Waals surface area contributed by atoms with Gasteiger partial charge >= 0.3 is 5.97 Å². The van der Waals surface area contributed by atoms with E-state index >= 15 is 0 Å². The van der Waals surface area contributed by atoms with E-state index in [0.717, 1.165) is 5.56 Å². The Morgan fingerprint density at radius 2 is 2.05 bits per heavy atom. The molecule has 2 amide bonds. The maximum absolute atomic E-state index is 12.3. The van der Waals surface area contributed by atoms with Crippen molar-refractivity contribution in [1.29, 1.82) is 0 Å². The van der Waals surface area contributed by atoms with Gasteiger partial charge in [0, 0.05) is 17.8 Å². The number of hydrogen-bond donors (Lipinski definition) is 3. The van der Waals surface area contributed by atoms with Gasteiger partial charge in [0.1, 0.15) is 0 Å². The average molecular weight is 288 g/mol. The van der Waals surface area contributed by atoms with Crippen molar-refractivity contribution in [1.82, 2.24) is 5.32 Å². The summed E-state index contributed by atoms with van der Waals surface area (Å²) in [7, 11) is 0. The largest absolute Gasteiger partial charge is 0.478 e. The molecule has 6 heteroatoms. The lowest BCUT2D eigenvalue weighted by Gasteiger charge is -2.24. The van der Waals surface area contributed by atoms with Crippen molar-refractivity contribution >= 4 is 23.5 Å². The number of rotatable bonds is 3. The van der Waals surface area contributed by atoms with Crippen molar-refractivity contribution < 1.29 is 19.5 Å². The molecule has 0 spiro atoms.